The van der Waals surface area contributed by atoms with E-state index in [1.807, 2.05) is 20.8 Å². The molecule has 21 heavy (non-hydrogen) atoms. The minimum absolute atomic E-state index is 0.0170. The average molecular weight is 355 g/mol. The van der Waals surface area contributed by atoms with Crippen LogP contribution in [0.4, 0.5) is 5.69 Å². The second kappa shape index (κ2) is 6.71. The van der Waals surface area contributed by atoms with Crippen LogP contribution in [-0.2, 0) is 10.0 Å². The molecule has 0 aliphatic rings. The predicted molar refractivity (Wildman–Crippen MR) is 86.1 cm³/mol. The fourth-order valence-electron chi connectivity index (χ4n) is 1.91. The molecule has 1 atom stereocenters. The third-order valence-corrected chi connectivity index (χ3v) is 5.28. The molecule has 0 spiro atoms. The molecule has 1 aromatic rings. The molecular formula is C13H20Cl2N2O3S. The Morgan fingerprint density at radius 1 is 1.33 bits per heavy atom. The van der Waals surface area contributed by atoms with Gasteiger partial charge in [-0.3, -0.25) is 0 Å². The Balaban J connectivity index is 3.23. The Morgan fingerprint density at radius 3 is 2.33 bits per heavy atom. The highest BCUT2D eigenvalue weighted by molar-refractivity contribution is 7.89. The van der Waals surface area contributed by atoms with Crippen LogP contribution in [0.25, 0.3) is 0 Å². The summed E-state index contributed by atoms with van der Waals surface area (Å²) in [4.78, 5) is -0.194. The first-order chi connectivity index (χ1) is 9.49. The highest BCUT2D eigenvalue weighted by Gasteiger charge is 2.31. The molecule has 120 valence electrons. The molecule has 0 saturated heterocycles. The fourth-order valence-corrected chi connectivity index (χ4v) is 4.37. The topological polar surface area (TPSA) is 92.4 Å². The molecule has 1 aromatic carbocycles. The lowest BCUT2D eigenvalue weighted by Crippen LogP contribution is -2.44. The van der Waals surface area contributed by atoms with Gasteiger partial charge in [0, 0.05) is 17.7 Å². The largest absolute Gasteiger partial charge is 0.398 e. The van der Waals surface area contributed by atoms with Crippen LogP contribution >= 0.6 is 23.2 Å². The summed E-state index contributed by atoms with van der Waals surface area (Å²) in [5.74, 6) is 0. The molecule has 0 aromatic heterocycles. The summed E-state index contributed by atoms with van der Waals surface area (Å²) in [6, 6.07) is 2.20. The number of sulfonamides is 1. The number of hydrogen-bond donors (Lipinski definition) is 3. The number of nitrogens with one attached hydrogen (secondary N) is 1. The number of anilines is 1. The van der Waals surface area contributed by atoms with E-state index in [2.05, 4.69) is 4.72 Å². The zero-order valence-corrected chi connectivity index (χ0v) is 14.5. The van der Waals surface area contributed by atoms with Crippen molar-refractivity contribution < 1.29 is 13.5 Å². The van der Waals surface area contributed by atoms with E-state index in [1.165, 1.54) is 12.1 Å². The number of halogens is 2. The lowest BCUT2D eigenvalue weighted by molar-refractivity contribution is 0.214. The van der Waals surface area contributed by atoms with Gasteiger partial charge >= 0.3 is 0 Å². The van der Waals surface area contributed by atoms with Crippen molar-refractivity contribution in [3.05, 3.63) is 22.2 Å². The molecule has 0 amide bonds. The highest BCUT2D eigenvalue weighted by atomic mass is 35.5. The zero-order valence-electron chi connectivity index (χ0n) is 12.2. The fraction of sp³-hybridized carbons (Fsp3) is 0.538. The third-order valence-electron chi connectivity index (χ3n) is 3.07. The lowest BCUT2D eigenvalue weighted by Gasteiger charge is -2.31. The van der Waals surface area contributed by atoms with Crippen molar-refractivity contribution in [1.29, 1.82) is 0 Å². The van der Waals surface area contributed by atoms with Crippen LogP contribution in [0, 0.1) is 5.41 Å². The second-order valence-corrected chi connectivity index (χ2v) is 8.35. The molecule has 5 nitrogen and oxygen atoms in total. The van der Waals surface area contributed by atoms with Gasteiger partial charge in [-0.1, -0.05) is 44.0 Å². The van der Waals surface area contributed by atoms with Gasteiger partial charge in [0.1, 0.15) is 4.90 Å². The zero-order chi connectivity index (χ0) is 16.4. The van der Waals surface area contributed by atoms with Gasteiger partial charge in [-0.05, 0) is 24.0 Å². The summed E-state index contributed by atoms with van der Waals surface area (Å²) >= 11 is 11.7. The van der Waals surface area contributed by atoms with E-state index in [-0.39, 0.29) is 39.1 Å². The Kier molecular flexibility index (Phi) is 5.91. The number of nitrogens with two attached hydrogens (primary N) is 1. The quantitative estimate of drug-likeness (QED) is 0.708. The van der Waals surface area contributed by atoms with Gasteiger partial charge in [-0.2, -0.15) is 0 Å². The van der Waals surface area contributed by atoms with Crippen molar-refractivity contribution in [3.63, 3.8) is 0 Å². The van der Waals surface area contributed by atoms with Gasteiger partial charge in [-0.25, -0.2) is 13.1 Å². The van der Waals surface area contributed by atoms with Crippen LogP contribution in [0.5, 0.6) is 0 Å². The maximum Gasteiger partial charge on any atom is 0.244 e. The van der Waals surface area contributed by atoms with Crippen LogP contribution in [0.1, 0.15) is 27.2 Å². The van der Waals surface area contributed by atoms with Gasteiger partial charge in [0.25, 0.3) is 0 Å². The Morgan fingerprint density at radius 2 is 1.90 bits per heavy atom. The van der Waals surface area contributed by atoms with E-state index in [4.69, 9.17) is 34.0 Å². The molecule has 8 heteroatoms. The van der Waals surface area contributed by atoms with Gasteiger partial charge in [0.2, 0.25) is 10.0 Å². The first-order valence-electron chi connectivity index (χ1n) is 6.36. The van der Waals surface area contributed by atoms with E-state index in [1.54, 1.807) is 0 Å². The van der Waals surface area contributed by atoms with Crippen molar-refractivity contribution in [2.24, 2.45) is 5.41 Å². The summed E-state index contributed by atoms with van der Waals surface area (Å²) in [6.07, 6.45) is 0.286. The van der Waals surface area contributed by atoms with Crippen LogP contribution in [0.3, 0.4) is 0 Å². The minimum atomic E-state index is -3.92. The average Bonchev–Trinajstić information content (AvgIpc) is 2.24. The predicted octanol–water partition coefficient (Wildman–Crippen LogP) is 2.65. The first kappa shape index (κ1) is 18.5. The van der Waals surface area contributed by atoms with E-state index < -0.39 is 16.1 Å². The summed E-state index contributed by atoms with van der Waals surface area (Å²) < 4.78 is 27.6. The van der Waals surface area contributed by atoms with Crippen molar-refractivity contribution in [3.8, 4) is 0 Å². The molecule has 0 heterocycles. The Hall–Kier alpha value is -0.530. The second-order valence-electron chi connectivity index (χ2n) is 5.86. The molecule has 1 rings (SSSR count). The molecule has 0 saturated carbocycles. The van der Waals surface area contributed by atoms with Gasteiger partial charge in [-0.15, -0.1) is 0 Å². The van der Waals surface area contributed by atoms with Gasteiger partial charge in [0.05, 0.1) is 10.7 Å². The maximum atomic E-state index is 12.5. The Labute approximate surface area is 135 Å². The number of aliphatic hydroxyl groups is 1. The van der Waals surface area contributed by atoms with Crippen LogP contribution < -0.4 is 10.5 Å². The minimum Gasteiger partial charge on any atom is -0.398 e. The van der Waals surface area contributed by atoms with Crippen LogP contribution in [-0.4, -0.2) is 26.2 Å². The molecule has 0 aliphatic heterocycles. The SMILES string of the molecule is CC(C)(C)C(CCO)NS(=O)(=O)c1c(N)cc(Cl)cc1Cl. The number of aliphatic hydroxyl groups excluding tert-OH is 1. The van der Waals surface area contributed by atoms with E-state index >= 15 is 0 Å². The van der Waals surface area contributed by atoms with Crippen molar-refractivity contribution >= 4 is 38.9 Å². The molecule has 0 aliphatic carbocycles. The molecule has 0 fully saturated rings. The van der Waals surface area contributed by atoms with Crippen LogP contribution in [0.15, 0.2) is 17.0 Å². The molecule has 0 bridgehead atoms. The number of nitrogen functional groups attached to an aromatic ring is 1. The molecule has 4 N–H and O–H groups in total. The van der Waals surface area contributed by atoms with E-state index in [0.717, 1.165) is 0 Å². The number of benzene rings is 1. The van der Waals surface area contributed by atoms with Crippen molar-refractivity contribution in [2.45, 2.75) is 38.1 Å². The molecule has 0 radical (unpaired) electrons. The Bertz CT molecular complexity index is 589. The summed E-state index contributed by atoms with van der Waals surface area (Å²) in [5.41, 5.74) is 5.34. The van der Waals surface area contributed by atoms with Gasteiger partial charge in [0.15, 0.2) is 0 Å². The third kappa shape index (κ3) is 4.72. The van der Waals surface area contributed by atoms with E-state index in [9.17, 15) is 8.42 Å². The summed E-state index contributed by atoms with van der Waals surface area (Å²) in [7, 11) is -3.92. The normalized spacial score (nSPS) is 14.2. The maximum absolute atomic E-state index is 12.5. The smallest absolute Gasteiger partial charge is 0.244 e. The van der Waals surface area contributed by atoms with Gasteiger partial charge < -0.3 is 10.8 Å². The monoisotopic (exact) mass is 354 g/mol. The van der Waals surface area contributed by atoms with Crippen LogP contribution in [0.2, 0.25) is 10.0 Å². The summed E-state index contributed by atoms with van der Waals surface area (Å²) in [6.45, 7) is 5.50. The highest BCUT2D eigenvalue weighted by Crippen LogP contribution is 2.32. The standard InChI is InChI=1S/C13H20Cl2N2O3S/c1-13(2,3)11(4-5-18)17-21(19,20)12-9(15)6-8(14)7-10(12)16/h6-7,11,17-18H,4-5,16H2,1-3H3. The first-order valence-corrected chi connectivity index (χ1v) is 8.60. The molecular weight excluding hydrogens is 335 g/mol. The summed E-state index contributed by atoms with van der Waals surface area (Å²) in [5, 5.41) is 9.34. The van der Waals surface area contributed by atoms with Crippen molar-refractivity contribution in [1.82, 2.24) is 4.72 Å². The van der Waals surface area contributed by atoms with Crippen molar-refractivity contribution in [2.75, 3.05) is 12.3 Å². The van der Waals surface area contributed by atoms with E-state index in [0.29, 0.717) is 0 Å². The number of rotatable bonds is 5. The molecule has 1 unspecified atom stereocenters. The lowest BCUT2D eigenvalue weighted by atomic mass is 9.86. The number of hydrogen-bond acceptors (Lipinski definition) is 4.